The molecule has 0 saturated heterocycles. The minimum absolute atomic E-state index is 0.000675. The zero-order valence-corrected chi connectivity index (χ0v) is 16.5. The molecule has 1 aromatic carbocycles. The Morgan fingerprint density at radius 2 is 1.89 bits per heavy atom. The van der Waals surface area contributed by atoms with Crippen molar-refractivity contribution in [1.29, 1.82) is 0 Å². The van der Waals surface area contributed by atoms with Crippen LogP contribution in [0.4, 0.5) is 4.79 Å². The number of hydrogen-bond donors (Lipinski definition) is 1. The van der Waals surface area contributed by atoms with Crippen molar-refractivity contribution in [3.8, 4) is 11.5 Å². The van der Waals surface area contributed by atoms with Crippen molar-refractivity contribution in [2.24, 2.45) is 0 Å². The SMILES string of the molecule is C=Cc1c(OC)cc(O[C@H]2C[C@H](NC(=O)OC(C)(C)C)C2)cc1C(=O)OC. The van der Waals surface area contributed by atoms with Gasteiger partial charge in [-0.05, 0) is 26.8 Å². The highest BCUT2D eigenvalue weighted by Gasteiger charge is 2.33. The van der Waals surface area contributed by atoms with Crippen molar-refractivity contribution in [1.82, 2.24) is 5.32 Å². The first-order valence-electron chi connectivity index (χ1n) is 8.75. The molecule has 0 aliphatic heterocycles. The lowest BCUT2D eigenvalue weighted by atomic mass is 9.89. The second-order valence-corrected chi connectivity index (χ2v) is 7.34. The van der Waals surface area contributed by atoms with Crippen LogP contribution in [0.25, 0.3) is 6.08 Å². The number of hydrogen-bond acceptors (Lipinski definition) is 6. The van der Waals surface area contributed by atoms with Crippen LogP contribution in [0.2, 0.25) is 0 Å². The molecule has 7 nitrogen and oxygen atoms in total. The molecular formula is C20H27NO6. The number of nitrogens with one attached hydrogen (secondary N) is 1. The molecule has 0 spiro atoms. The summed E-state index contributed by atoms with van der Waals surface area (Å²) in [5.74, 6) is 0.482. The molecule has 2 rings (SSSR count). The first kappa shape index (κ1) is 20.6. The highest BCUT2D eigenvalue weighted by atomic mass is 16.6. The quantitative estimate of drug-likeness (QED) is 0.763. The third kappa shape index (κ3) is 5.39. The fraction of sp³-hybridized carbons (Fsp3) is 0.500. The molecule has 27 heavy (non-hydrogen) atoms. The van der Waals surface area contributed by atoms with Crippen LogP contribution < -0.4 is 14.8 Å². The first-order valence-corrected chi connectivity index (χ1v) is 8.75. The summed E-state index contributed by atoms with van der Waals surface area (Å²) >= 11 is 0. The van der Waals surface area contributed by atoms with Gasteiger partial charge in [0.05, 0.1) is 19.8 Å². The van der Waals surface area contributed by atoms with E-state index in [2.05, 4.69) is 11.9 Å². The largest absolute Gasteiger partial charge is 0.496 e. The monoisotopic (exact) mass is 377 g/mol. The van der Waals surface area contributed by atoms with E-state index < -0.39 is 17.7 Å². The van der Waals surface area contributed by atoms with Crippen molar-refractivity contribution >= 4 is 18.1 Å². The van der Waals surface area contributed by atoms with E-state index in [0.29, 0.717) is 35.5 Å². The van der Waals surface area contributed by atoms with Crippen molar-refractivity contribution < 1.29 is 28.5 Å². The number of esters is 1. The summed E-state index contributed by atoms with van der Waals surface area (Å²) in [6, 6.07) is 3.32. The number of alkyl carbamates (subject to hydrolysis) is 1. The molecule has 1 aromatic rings. The summed E-state index contributed by atoms with van der Waals surface area (Å²) in [6.45, 7) is 9.17. The minimum Gasteiger partial charge on any atom is -0.496 e. The molecule has 1 saturated carbocycles. The smallest absolute Gasteiger partial charge is 0.407 e. The fourth-order valence-electron chi connectivity index (χ4n) is 2.77. The lowest BCUT2D eigenvalue weighted by Crippen LogP contribution is -2.50. The number of carbonyl (C=O) groups excluding carboxylic acids is 2. The number of ether oxygens (including phenoxy) is 4. The Kier molecular flexibility index (Phi) is 6.36. The van der Waals surface area contributed by atoms with Gasteiger partial charge in [-0.15, -0.1) is 0 Å². The summed E-state index contributed by atoms with van der Waals surface area (Å²) in [4.78, 5) is 23.8. The Balaban J connectivity index is 2.00. The highest BCUT2D eigenvalue weighted by Crippen LogP contribution is 2.33. The summed E-state index contributed by atoms with van der Waals surface area (Å²) < 4.78 is 21.3. The van der Waals surface area contributed by atoms with Crippen LogP contribution in [-0.4, -0.2) is 44.0 Å². The number of methoxy groups -OCH3 is 2. The van der Waals surface area contributed by atoms with Crippen LogP contribution in [0.3, 0.4) is 0 Å². The van der Waals surface area contributed by atoms with Gasteiger partial charge in [-0.1, -0.05) is 12.7 Å². The maximum absolute atomic E-state index is 12.0. The van der Waals surface area contributed by atoms with Crippen LogP contribution in [0, 0.1) is 0 Å². The van der Waals surface area contributed by atoms with E-state index in [0.717, 1.165) is 0 Å². The summed E-state index contributed by atoms with van der Waals surface area (Å²) in [5, 5.41) is 2.81. The van der Waals surface area contributed by atoms with Gasteiger partial charge in [-0.3, -0.25) is 0 Å². The molecule has 1 aliphatic carbocycles. The fourth-order valence-corrected chi connectivity index (χ4v) is 2.77. The molecule has 0 radical (unpaired) electrons. The van der Waals surface area contributed by atoms with Crippen LogP contribution >= 0.6 is 0 Å². The van der Waals surface area contributed by atoms with Gasteiger partial charge in [0.15, 0.2) is 0 Å². The Labute approximate surface area is 159 Å². The average Bonchev–Trinajstić information content (AvgIpc) is 2.56. The predicted octanol–water partition coefficient (Wildman–Crippen LogP) is 3.56. The summed E-state index contributed by atoms with van der Waals surface area (Å²) in [5.41, 5.74) is 0.344. The van der Waals surface area contributed by atoms with Gasteiger partial charge in [-0.2, -0.15) is 0 Å². The van der Waals surface area contributed by atoms with Gasteiger partial charge < -0.3 is 24.3 Å². The second-order valence-electron chi connectivity index (χ2n) is 7.34. The number of rotatable bonds is 6. The van der Waals surface area contributed by atoms with E-state index in [1.807, 2.05) is 20.8 Å². The van der Waals surface area contributed by atoms with Gasteiger partial charge in [0.2, 0.25) is 0 Å². The van der Waals surface area contributed by atoms with Gasteiger partial charge in [0, 0.05) is 30.5 Å². The zero-order chi connectivity index (χ0) is 20.2. The van der Waals surface area contributed by atoms with Crippen molar-refractivity contribution in [2.45, 2.75) is 51.4 Å². The molecule has 1 amide bonds. The lowest BCUT2D eigenvalue weighted by Gasteiger charge is -2.36. The topological polar surface area (TPSA) is 83.1 Å². The van der Waals surface area contributed by atoms with Crippen molar-refractivity contribution in [3.05, 3.63) is 29.8 Å². The van der Waals surface area contributed by atoms with Gasteiger partial charge in [-0.25, -0.2) is 9.59 Å². The van der Waals surface area contributed by atoms with E-state index in [1.54, 1.807) is 18.2 Å². The maximum Gasteiger partial charge on any atom is 0.407 e. The van der Waals surface area contributed by atoms with E-state index >= 15 is 0 Å². The predicted molar refractivity (Wildman–Crippen MR) is 101 cm³/mol. The van der Waals surface area contributed by atoms with E-state index in [9.17, 15) is 9.59 Å². The molecule has 148 valence electrons. The molecule has 0 bridgehead atoms. The maximum atomic E-state index is 12.0. The Hall–Kier alpha value is -2.70. The molecule has 1 aliphatic rings. The number of amides is 1. The van der Waals surface area contributed by atoms with Crippen LogP contribution in [0.15, 0.2) is 18.7 Å². The third-order valence-electron chi connectivity index (χ3n) is 4.06. The van der Waals surface area contributed by atoms with E-state index in [1.165, 1.54) is 14.2 Å². The Morgan fingerprint density at radius 3 is 2.41 bits per heavy atom. The van der Waals surface area contributed by atoms with Crippen LogP contribution in [-0.2, 0) is 9.47 Å². The molecule has 0 unspecified atom stereocenters. The van der Waals surface area contributed by atoms with Crippen LogP contribution in [0.5, 0.6) is 11.5 Å². The molecule has 0 atom stereocenters. The third-order valence-corrected chi connectivity index (χ3v) is 4.06. The Morgan fingerprint density at radius 1 is 1.22 bits per heavy atom. The normalized spacial score (nSPS) is 18.7. The molecule has 0 heterocycles. The number of benzene rings is 1. The van der Waals surface area contributed by atoms with Gasteiger partial charge in [0.25, 0.3) is 0 Å². The van der Waals surface area contributed by atoms with E-state index in [4.69, 9.17) is 18.9 Å². The standard InChI is InChI=1S/C20H27NO6/c1-7-15-16(18(22)25-6)10-14(11-17(15)24-5)26-13-8-12(9-13)21-19(23)27-20(2,3)4/h7,10-13H,1,8-9H2,2-6H3,(H,21,23)/t12-,13-. The molecular weight excluding hydrogens is 350 g/mol. The van der Waals surface area contributed by atoms with Gasteiger partial charge in [0.1, 0.15) is 23.2 Å². The zero-order valence-electron chi connectivity index (χ0n) is 16.5. The molecule has 0 aromatic heterocycles. The molecule has 1 N–H and O–H groups in total. The second kappa shape index (κ2) is 8.33. The summed E-state index contributed by atoms with van der Waals surface area (Å²) in [7, 11) is 2.82. The lowest BCUT2D eigenvalue weighted by molar-refractivity contribution is 0.0360. The molecule has 7 heteroatoms. The minimum atomic E-state index is -0.530. The van der Waals surface area contributed by atoms with Crippen molar-refractivity contribution in [3.63, 3.8) is 0 Å². The van der Waals surface area contributed by atoms with Crippen molar-refractivity contribution in [2.75, 3.05) is 14.2 Å². The van der Waals surface area contributed by atoms with Gasteiger partial charge >= 0.3 is 12.1 Å². The summed E-state index contributed by atoms with van der Waals surface area (Å²) in [6.07, 6.45) is 2.33. The average molecular weight is 377 g/mol. The molecule has 1 fully saturated rings. The Bertz CT molecular complexity index is 716. The van der Waals surface area contributed by atoms with Crippen LogP contribution in [0.1, 0.15) is 49.5 Å². The first-order chi connectivity index (χ1) is 12.7. The number of carbonyl (C=O) groups is 2. The highest BCUT2D eigenvalue weighted by molar-refractivity contribution is 5.95. The van der Waals surface area contributed by atoms with E-state index in [-0.39, 0.29) is 12.1 Å².